The summed E-state index contributed by atoms with van der Waals surface area (Å²) in [6.07, 6.45) is 4.00. The molecule has 2 rings (SSSR count). The van der Waals surface area contributed by atoms with E-state index in [-0.39, 0.29) is 0 Å². The Hall–Kier alpha value is -0.700. The molecule has 2 N–H and O–H groups in total. The summed E-state index contributed by atoms with van der Waals surface area (Å²) in [5.74, 6) is 0.813. The fourth-order valence-electron chi connectivity index (χ4n) is 1.29. The van der Waals surface area contributed by atoms with Crippen LogP contribution in [0.1, 0.15) is 19.3 Å². The molecule has 1 fully saturated rings. The molecule has 0 unspecified atom stereocenters. The lowest BCUT2D eigenvalue weighted by Gasteiger charge is -2.26. The molecule has 1 aromatic rings. The zero-order valence-electron chi connectivity index (χ0n) is 7.29. The molecule has 13 heavy (non-hydrogen) atoms. The van der Waals surface area contributed by atoms with Crippen LogP contribution in [-0.2, 0) is 0 Å². The molecule has 0 heterocycles. The second-order valence-corrected chi connectivity index (χ2v) is 4.27. The summed E-state index contributed by atoms with van der Waals surface area (Å²) in [5, 5.41) is 0. The van der Waals surface area contributed by atoms with Crippen molar-refractivity contribution in [1.82, 2.24) is 0 Å². The van der Waals surface area contributed by atoms with E-state index in [2.05, 4.69) is 15.9 Å². The first kappa shape index (κ1) is 8.88. The van der Waals surface area contributed by atoms with Crippen LogP contribution in [-0.4, -0.2) is 6.10 Å². The van der Waals surface area contributed by atoms with Gasteiger partial charge in [0.05, 0.1) is 11.8 Å². The van der Waals surface area contributed by atoms with Crippen LogP contribution in [0.4, 0.5) is 5.69 Å². The van der Waals surface area contributed by atoms with E-state index in [0.717, 1.165) is 23.1 Å². The fraction of sp³-hybridized carbons (Fsp3) is 0.400. The van der Waals surface area contributed by atoms with Gasteiger partial charge in [-0.2, -0.15) is 0 Å². The van der Waals surface area contributed by atoms with E-state index >= 15 is 0 Å². The Morgan fingerprint density at radius 3 is 2.69 bits per heavy atom. The molecule has 1 saturated carbocycles. The maximum Gasteiger partial charge on any atom is 0.142 e. The van der Waals surface area contributed by atoms with Gasteiger partial charge in [0, 0.05) is 4.47 Å². The van der Waals surface area contributed by atoms with E-state index < -0.39 is 0 Å². The number of ether oxygens (including phenoxy) is 1. The Morgan fingerprint density at radius 2 is 2.15 bits per heavy atom. The van der Waals surface area contributed by atoms with E-state index in [1.54, 1.807) is 0 Å². The van der Waals surface area contributed by atoms with Crippen molar-refractivity contribution in [3.05, 3.63) is 22.7 Å². The van der Waals surface area contributed by atoms with Gasteiger partial charge < -0.3 is 10.5 Å². The summed E-state index contributed by atoms with van der Waals surface area (Å²) in [4.78, 5) is 0. The normalized spacial score (nSPS) is 16.7. The third-order valence-electron chi connectivity index (χ3n) is 2.32. The van der Waals surface area contributed by atoms with E-state index in [0.29, 0.717) is 11.8 Å². The second kappa shape index (κ2) is 3.58. The number of rotatable bonds is 2. The van der Waals surface area contributed by atoms with Gasteiger partial charge in [-0.05, 0) is 37.5 Å². The number of hydrogen-bond acceptors (Lipinski definition) is 2. The van der Waals surface area contributed by atoms with Gasteiger partial charge in [-0.15, -0.1) is 0 Å². The minimum Gasteiger partial charge on any atom is -0.488 e. The van der Waals surface area contributed by atoms with E-state index in [1.165, 1.54) is 6.42 Å². The molecular formula is C10H12BrNO. The first-order valence-electron chi connectivity index (χ1n) is 4.47. The molecule has 0 saturated heterocycles. The Labute approximate surface area is 86.2 Å². The van der Waals surface area contributed by atoms with Crippen molar-refractivity contribution in [3.8, 4) is 5.75 Å². The summed E-state index contributed by atoms with van der Waals surface area (Å²) in [6.45, 7) is 0. The summed E-state index contributed by atoms with van der Waals surface area (Å²) >= 11 is 3.36. The lowest BCUT2D eigenvalue weighted by Crippen LogP contribution is -2.24. The summed E-state index contributed by atoms with van der Waals surface area (Å²) in [5.41, 5.74) is 6.50. The van der Waals surface area contributed by atoms with Crippen molar-refractivity contribution in [1.29, 1.82) is 0 Å². The molecule has 1 aliphatic carbocycles. The van der Waals surface area contributed by atoms with Crippen molar-refractivity contribution in [3.63, 3.8) is 0 Å². The molecule has 0 radical (unpaired) electrons. The van der Waals surface area contributed by atoms with Crippen LogP contribution in [0.25, 0.3) is 0 Å². The van der Waals surface area contributed by atoms with Crippen molar-refractivity contribution in [2.75, 3.05) is 5.73 Å². The Bertz CT molecular complexity index is 310. The monoisotopic (exact) mass is 241 g/mol. The molecule has 2 nitrogen and oxygen atoms in total. The van der Waals surface area contributed by atoms with E-state index in [4.69, 9.17) is 10.5 Å². The first-order chi connectivity index (χ1) is 6.25. The molecule has 1 aromatic carbocycles. The molecule has 0 aromatic heterocycles. The predicted octanol–water partition coefficient (Wildman–Crippen LogP) is 2.96. The van der Waals surface area contributed by atoms with Crippen LogP contribution in [0.15, 0.2) is 22.7 Å². The van der Waals surface area contributed by atoms with E-state index in [1.807, 2.05) is 18.2 Å². The highest BCUT2D eigenvalue weighted by molar-refractivity contribution is 9.10. The van der Waals surface area contributed by atoms with Crippen LogP contribution in [0.2, 0.25) is 0 Å². The predicted molar refractivity (Wildman–Crippen MR) is 56.8 cm³/mol. The van der Waals surface area contributed by atoms with E-state index in [9.17, 15) is 0 Å². The third-order valence-corrected chi connectivity index (χ3v) is 2.81. The highest BCUT2D eigenvalue weighted by Gasteiger charge is 2.19. The second-order valence-electron chi connectivity index (χ2n) is 3.35. The van der Waals surface area contributed by atoms with Gasteiger partial charge >= 0.3 is 0 Å². The van der Waals surface area contributed by atoms with Gasteiger partial charge in [0.2, 0.25) is 0 Å². The average Bonchev–Trinajstić information content (AvgIpc) is 1.99. The number of halogens is 1. The van der Waals surface area contributed by atoms with Crippen molar-refractivity contribution in [2.45, 2.75) is 25.4 Å². The minimum absolute atomic E-state index is 0.392. The number of anilines is 1. The van der Waals surface area contributed by atoms with Gasteiger partial charge in [-0.25, -0.2) is 0 Å². The largest absolute Gasteiger partial charge is 0.488 e. The maximum absolute atomic E-state index is 5.79. The smallest absolute Gasteiger partial charge is 0.142 e. The third kappa shape index (κ3) is 1.97. The molecule has 0 spiro atoms. The average molecular weight is 242 g/mol. The number of nitrogens with two attached hydrogens (primary N) is 1. The molecule has 3 heteroatoms. The van der Waals surface area contributed by atoms with Crippen LogP contribution >= 0.6 is 15.9 Å². The number of nitrogen functional groups attached to an aromatic ring is 1. The van der Waals surface area contributed by atoms with Crippen molar-refractivity contribution in [2.24, 2.45) is 0 Å². The van der Waals surface area contributed by atoms with Crippen LogP contribution < -0.4 is 10.5 Å². The fourth-order valence-corrected chi connectivity index (χ4v) is 1.67. The Morgan fingerprint density at radius 1 is 1.38 bits per heavy atom. The van der Waals surface area contributed by atoms with Gasteiger partial charge in [0.15, 0.2) is 0 Å². The SMILES string of the molecule is Nc1cc(Br)ccc1OC1CCC1. The molecule has 70 valence electrons. The topological polar surface area (TPSA) is 35.2 Å². The lowest BCUT2D eigenvalue weighted by molar-refractivity contribution is 0.121. The molecule has 0 amide bonds. The molecule has 0 atom stereocenters. The van der Waals surface area contributed by atoms with Gasteiger partial charge in [-0.1, -0.05) is 15.9 Å². The lowest BCUT2D eigenvalue weighted by atomic mass is 9.96. The summed E-state index contributed by atoms with van der Waals surface area (Å²) in [7, 11) is 0. The van der Waals surface area contributed by atoms with Crippen LogP contribution in [0.5, 0.6) is 5.75 Å². The molecule has 0 aliphatic heterocycles. The summed E-state index contributed by atoms with van der Waals surface area (Å²) in [6, 6.07) is 5.73. The first-order valence-corrected chi connectivity index (χ1v) is 5.27. The number of benzene rings is 1. The summed E-state index contributed by atoms with van der Waals surface area (Å²) < 4.78 is 6.68. The van der Waals surface area contributed by atoms with Gasteiger partial charge in [-0.3, -0.25) is 0 Å². The molecule has 0 bridgehead atoms. The zero-order valence-corrected chi connectivity index (χ0v) is 8.88. The van der Waals surface area contributed by atoms with Crippen LogP contribution in [0.3, 0.4) is 0 Å². The zero-order chi connectivity index (χ0) is 9.26. The maximum atomic E-state index is 5.79. The highest BCUT2D eigenvalue weighted by Crippen LogP contribution is 2.30. The highest BCUT2D eigenvalue weighted by atomic mass is 79.9. The number of hydrogen-bond donors (Lipinski definition) is 1. The molecule has 1 aliphatic rings. The van der Waals surface area contributed by atoms with Crippen LogP contribution in [0, 0.1) is 0 Å². The Balaban J connectivity index is 2.10. The minimum atomic E-state index is 0.392. The van der Waals surface area contributed by atoms with Gasteiger partial charge in [0.1, 0.15) is 5.75 Å². The van der Waals surface area contributed by atoms with Crippen molar-refractivity contribution < 1.29 is 4.74 Å². The molecular weight excluding hydrogens is 230 g/mol. The van der Waals surface area contributed by atoms with Crippen molar-refractivity contribution >= 4 is 21.6 Å². The standard InChI is InChI=1S/C10H12BrNO/c11-7-4-5-10(9(12)6-7)13-8-2-1-3-8/h4-6,8H,1-3,12H2. The Kier molecular flexibility index (Phi) is 2.44. The quantitative estimate of drug-likeness (QED) is 0.809. The van der Waals surface area contributed by atoms with Gasteiger partial charge in [0.25, 0.3) is 0 Å².